The molecule has 17 heavy (non-hydrogen) atoms. The highest BCUT2D eigenvalue weighted by molar-refractivity contribution is 7.86. The van der Waals surface area contributed by atoms with Gasteiger partial charge in [-0.2, -0.15) is 8.42 Å². The summed E-state index contributed by atoms with van der Waals surface area (Å²) in [6.45, 7) is 5.74. The molecule has 0 unspecified atom stereocenters. The lowest BCUT2D eigenvalue weighted by Crippen LogP contribution is -2.07. The highest BCUT2D eigenvalue weighted by Gasteiger charge is 2.13. The molecule has 0 atom stereocenters. The lowest BCUT2D eigenvalue weighted by atomic mass is 10.2. The van der Waals surface area contributed by atoms with E-state index in [-0.39, 0.29) is 11.5 Å². The quantitative estimate of drug-likeness (QED) is 0.427. The third kappa shape index (κ3) is 4.71. The fourth-order valence-electron chi connectivity index (χ4n) is 1.33. The van der Waals surface area contributed by atoms with E-state index < -0.39 is 10.1 Å². The van der Waals surface area contributed by atoms with Gasteiger partial charge in [-0.05, 0) is 38.3 Å². The minimum atomic E-state index is -3.59. The molecule has 0 aliphatic carbocycles. The molecule has 0 heterocycles. The first-order chi connectivity index (χ1) is 8.06. The molecule has 0 aliphatic rings. The van der Waals surface area contributed by atoms with Crippen LogP contribution in [-0.2, 0) is 14.3 Å². The van der Waals surface area contributed by atoms with Crippen LogP contribution < -0.4 is 0 Å². The molecule has 0 N–H and O–H groups in total. The summed E-state index contributed by atoms with van der Waals surface area (Å²) < 4.78 is 28.4. The normalized spacial score (nSPS) is 11.4. The lowest BCUT2D eigenvalue weighted by molar-refractivity contribution is 0.309. The van der Waals surface area contributed by atoms with E-state index in [4.69, 9.17) is 4.18 Å². The van der Waals surface area contributed by atoms with E-state index in [0.717, 1.165) is 24.8 Å². The topological polar surface area (TPSA) is 43.4 Å². The van der Waals surface area contributed by atoms with Gasteiger partial charge in [-0.1, -0.05) is 23.8 Å². The molecule has 0 fully saturated rings. The molecule has 0 saturated heterocycles. The molecule has 0 amide bonds. The average Bonchev–Trinajstić information content (AvgIpc) is 2.29. The van der Waals surface area contributed by atoms with Crippen molar-refractivity contribution in [3.63, 3.8) is 0 Å². The first-order valence-electron chi connectivity index (χ1n) is 5.63. The molecule has 0 aliphatic heterocycles. The van der Waals surface area contributed by atoms with Crippen molar-refractivity contribution in [1.82, 2.24) is 0 Å². The Labute approximate surface area is 103 Å². The van der Waals surface area contributed by atoms with Gasteiger partial charge in [0.15, 0.2) is 0 Å². The van der Waals surface area contributed by atoms with Crippen molar-refractivity contribution in [3.8, 4) is 0 Å². The van der Waals surface area contributed by atoms with Gasteiger partial charge in [0.2, 0.25) is 0 Å². The second kappa shape index (κ2) is 6.57. The van der Waals surface area contributed by atoms with Crippen LogP contribution in [0, 0.1) is 6.92 Å². The van der Waals surface area contributed by atoms with E-state index in [9.17, 15) is 8.42 Å². The highest BCUT2D eigenvalue weighted by atomic mass is 32.2. The van der Waals surface area contributed by atoms with E-state index in [2.05, 4.69) is 6.58 Å². The summed E-state index contributed by atoms with van der Waals surface area (Å²) in [5.74, 6) is 0. The second-order valence-corrected chi connectivity index (χ2v) is 5.49. The van der Waals surface area contributed by atoms with Crippen molar-refractivity contribution in [1.29, 1.82) is 0 Å². The molecule has 0 aromatic heterocycles. The average molecular weight is 254 g/mol. The molecule has 1 rings (SSSR count). The van der Waals surface area contributed by atoms with Gasteiger partial charge >= 0.3 is 0 Å². The Hall–Kier alpha value is -1.13. The van der Waals surface area contributed by atoms with Gasteiger partial charge in [0.25, 0.3) is 10.1 Å². The monoisotopic (exact) mass is 254 g/mol. The molecular formula is C13H18O3S. The molecular weight excluding hydrogens is 236 g/mol. The van der Waals surface area contributed by atoms with E-state index in [1.54, 1.807) is 24.3 Å². The second-order valence-electron chi connectivity index (χ2n) is 3.87. The first-order valence-corrected chi connectivity index (χ1v) is 7.04. The Morgan fingerprint density at radius 1 is 1.24 bits per heavy atom. The number of hydrogen-bond acceptors (Lipinski definition) is 3. The van der Waals surface area contributed by atoms with Crippen molar-refractivity contribution in [2.45, 2.75) is 31.1 Å². The van der Waals surface area contributed by atoms with Crippen LogP contribution in [0.25, 0.3) is 0 Å². The van der Waals surface area contributed by atoms with Crippen molar-refractivity contribution >= 4 is 10.1 Å². The van der Waals surface area contributed by atoms with Crippen molar-refractivity contribution < 1.29 is 12.6 Å². The van der Waals surface area contributed by atoms with Crippen LogP contribution in [0.1, 0.15) is 24.8 Å². The SMILES string of the molecule is C=CCCCCOS(=O)(=O)c1ccc(C)cc1. The predicted octanol–water partition coefficient (Wildman–Crippen LogP) is 3.06. The Balaban J connectivity index is 2.51. The molecule has 0 bridgehead atoms. The van der Waals surface area contributed by atoms with E-state index in [0.29, 0.717) is 0 Å². The van der Waals surface area contributed by atoms with Gasteiger partial charge in [0, 0.05) is 0 Å². The lowest BCUT2D eigenvalue weighted by Gasteiger charge is -2.05. The van der Waals surface area contributed by atoms with Crippen LogP contribution in [-0.4, -0.2) is 15.0 Å². The predicted molar refractivity (Wildman–Crippen MR) is 68.4 cm³/mol. The van der Waals surface area contributed by atoms with Crippen molar-refractivity contribution in [3.05, 3.63) is 42.5 Å². The van der Waals surface area contributed by atoms with Gasteiger partial charge in [-0.15, -0.1) is 6.58 Å². The Kier molecular flexibility index (Phi) is 5.38. The zero-order chi connectivity index (χ0) is 12.7. The molecule has 0 spiro atoms. The van der Waals surface area contributed by atoms with Crippen molar-refractivity contribution in [2.75, 3.05) is 6.61 Å². The fourth-order valence-corrected chi connectivity index (χ4v) is 2.28. The Morgan fingerprint density at radius 2 is 1.88 bits per heavy atom. The van der Waals surface area contributed by atoms with Gasteiger partial charge in [0.05, 0.1) is 11.5 Å². The molecule has 0 radical (unpaired) electrons. The van der Waals surface area contributed by atoms with Gasteiger partial charge < -0.3 is 0 Å². The summed E-state index contributed by atoms with van der Waals surface area (Å²) in [5.41, 5.74) is 1.02. The maximum atomic E-state index is 11.7. The number of unbranched alkanes of at least 4 members (excludes halogenated alkanes) is 2. The summed E-state index contributed by atoms with van der Waals surface area (Å²) in [6, 6.07) is 6.64. The van der Waals surface area contributed by atoms with Gasteiger partial charge in [-0.3, -0.25) is 4.18 Å². The van der Waals surface area contributed by atoms with Crippen LogP contribution in [0.5, 0.6) is 0 Å². The molecule has 0 saturated carbocycles. The Bertz CT molecular complexity index is 446. The minimum absolute atomic E-state index is 0.215. The molecule has 94 valence electrons. The summed E-state index contributed by atoms with van der Waals surface area (Å²) in [4.78, 5) is 0.215. The van der Waals surface area contributed by atoms with Crippen molar-refractivity contribution in [2.24, 2.45) is 0 Å². The number of rotatable bonds is 7. The smallest absolute Gasteiger partial charge is 0.266 e. The van der Waals surface area contributed by atoms with Crippen LogP contribution in [0.2, 0.25) is 0 Å². The molecule has 4 heteroatoms. The van der Waals surface area contributed by atoms with E-state index in [1.165, 1.54) is 0 Å². The number of aryl methyl sites for hydroxylation is 1. The third-order valence-electron chi connectivity index (χ3n) is 2.35. The highest BCUT2D eigenvalue weighted by Crippen LogP contribution is 2.13. The number of allylic oxidation sites excluding steroid dienone is 1. The number of benzene rings is 1. The summed E-state index contributed by atoms with van der Waals surface area (Å²) in [5, 5.41) is 0. The van der Waals surface area contributed by atoms with E-state index in [1.807, 2.05) is 13.0 Å². The van der Waals surface area contributed by atoms with E-state index >= 15 is 0 Å². The van der Waals surface area contributed by atoms with Crippen LogP contribution >= 0.6 is 0 Å². The molecule has 1 aromatic rings. The van der Waals surface area contributed by atoms with Gasteiger partial charge in [0.1, 0.15) is 0 Å². The Morgan fingerprint density at radius 3 is 2.47 bits per heavy atom. The maximum absolute atomic E-state index is 11.7. The van der Waals surface area contributed by atoms with Crippen LogP contribution in [0.3, 0.4) is 0 Å². The zero-order valence-corrected chi connectivity index (χ0v) is 10.9. The van der Waals surface area contributed by atoms with Crippen LogP contribution in [0.4, 0.5) is 0 Å². The minimum Gasteiger partial charge on any atom is -0.266 e. The number of hydrogen-bond donors (Lipinski definition) is 0. The summed E-state index contributed by atoms with van der Waals surface area (Å²) in [7, 11) is -3.59. The third-order valence-corrected chi connectivity index (χ3v) is 3.68. The zero-order valence-electron chi connectivity index (χ0n) is 10.1. The standard InChI is InChI=1S/C13H18O3S/c1-3-4-5-6-11-16-17(14,15)13-9-7-12(2)8-10-13/h3,7-10H,1,4-6,11H2,2H3. The molecule has 3 nitrogen and oxygen atoms in total. The molecule has 1 aromatic carbocycles. The first kappa shape index (κ1) is 13.9. The summed E-state index contributed by atoms with van der Waals surface area (Å²) >= 11 is 0. The van der Waals surface area contributed by atoms with Gasteiger partial charge in [-0.25, -0.2) is 0 Å². The summed E-state index contributed by atoms with van der Waals surface area (Å²) in [6.07, 6.45) is 4.31. The largest absolute Gasteiger partial charge is 0.296 e. The van der Waals surface area contributed by atoms with Crippen LogP contribution in [0.15, 0.2) is 41.8 Å². The fraction of sp³-hybridized carbons (Fsp3) is 0.385. The maximum Gasteiger partial charge on any atom is 0.296 e.